The molecular formula is C22H32N10O18P3+. The lowest BCUT2D eigenvalue weighted by Gasteiger charge is -2.21. The van der Waals surface area contributed by atoms with Crippen molar-refractivity contribution >= 4 is 57.7 Å². The van der Waals surface area contributed by atoms with Gasteiger partial charge in [0.05, 0.1) is 26.6 Å². The molecule has 2 fully saturated rings. The molecule has 4 aromatic heterocycles. The molecule has 4 aromatic rings. The summed E-state index contributed by atoms with van der Waals surface area (Å²) in [6, 6.07) is 0. The second-order valence-corrected chi connectivity index (χ2v) is 16.1. The van der Waals surface area contributed by atoms with E-state index in [0.29, 0.717) is 0 Å². The minimum Gasteiger partial charge on any atom is -0.387 e. The molecule has 0 spiro atoms. The second kappa shape index (κ2) is 14.3. The number of nitrogens with two attached hydrogens (primary N) is 2. The van der Waals surface area contributed by atoms with Crippen molar-refractivity contribution in [3.05, 3.63) is 33.4 Å². The van der Waals surface area contributed by atoms with Gasteiger partial charge in [-0.2, -0.15) is 13.6 Å². The number of phosphoric ester groups is 2. The fourth-order valence-corrected chi connectivity index (χ4v) is 9.20. The maximum atomic E-state index is 12.6. The van der Waals surface area contributed by atoms with Crippen molar-refractivity contribution in [1.29, 1.82) is 0 Å². The first-order valence-electron chi connectivity index (χ1n) is 14.8. The van der Waals surface area contributed by atoms with E-state index in [0.717, 1.165) is 10.9 Å². The average molecular weight is 817 g/mol. The fraction of sp³-hybridized carbons (Fsp3) is 0.545. The second-order valence-electron chi connectivity index (χ2n) is 11.5. The standard InChI is InChI=1S/C22H31N10O18P3/c1-30-6-32(16-10(30)18(37)29-22(24)27-16)20-14(44-2)12(34)8(48-20)4-46-52(40,41)50-53(42,43)49-51(38,39)45-3-7-11(33)13(35)19(47-7)31-5-25-9-15(31)26-21(23)28-17(9)36/h5-8,11-14,19-20,33-35H,3-4H2,1-2H3,(H8-,23,24,26,27,28,29,36,37,38,39,40,41,42,43)/p+1/t7-,8-,11-,12-,13-,14-,19-,20-/m1/s1. The van der Waals surface area contributed by atoms with Crippen LogP contribution in [0.3, 0.4) is 0 Å². The van der Waals surface area contributed by atoms with Crippen molar-refractivity contribution in [1.82, 2.24) is 34.1 Å². The number of aliphatic hydroxyl groups is 3. The maximum Gasteiger partial charge on any atom is 0.490 e. The number of methoxy groups -OCH3 is 1. The molecule has 31 heteroatoms. The first-order valence-corrected chi connectivity index (χ1v) is 19.3. The number of H-pyrrole nitrogens is 2. The molecule has 3 unspecified atom stereocenters. The van der Waals surface area contributed by atoms with E-state index in [-0.39, 0.29) is 34.2 Å². The number of imidazole rings is 2. The van der Waals surface area contributed by atoms with E-state index in [2.05, 4.69) is 38.1 Å². The minimum atomic E-state index is -5.98. The molecule has 0 saturated carbocycles. The van der Waals surface area contributed by atoms with E-state index in [9.17, 15) is 53.3 Å². The predicted octanol–water partition coefficient (Wildman–Crippen LogP) is -3.89. The van der Waals surface area contributed by atoms with Crippen molar-refractivity contribution in [2.24, 2.45) is 7.05 Å². The summed E-state index contributed by atoms with van der Waals surface area (Å²) in [6.07, 6.45) is -9.71. The quantitative estimate of drug-likeness (QED) is 0.0455. The van der Waals surface area contributed by atoms with Gasteiger partial charge in [-0.15, -0.1) is 0 Å². The first kappa shape index (κ1) is 39.2. The van der Waals surface area contributed by atoms with Crippen LogP contribution in [-0.2, 0) is 52.6 Å². The van der Waals surface area contributed by atoms with Crippen LogP contribution in [0, 0.1) is 0 Å². The number of aliphatic hydroxyl groups excluding tert-OH is 3. The zero-order valence-electron chi connectivity index (χ0n) is 26.9. The Morgan fingerprint density at radius 1 is 0.887 bits per heavy atom. The largest absolute Gasteiger partial charge is 0.490 e. The summed E-state index contributed by atoms with van der Waals surface area (Å²) in [7, 11) is -14.6. The van der Waals surface area contributed by atoms with Crippen molar-refractivity contribution in [3.63, 3.8) is 0 Å². The molecule has 0 aliphatic carbocycles. The van der Waals surface area contributed by atoms with Gasteiger partial charge < -0.3 is 55.7 Å². The zero-order chi connectivity index (χ0) is 38.8. The van der Waals surface area contributed by atoms with E-state index < -0.39 is 96.9 Å². The molecule has 0 amide bonds. The Morgan fingerprint density at radius 2 is 1.47 bits per heavy atom. The number of hydrogen-bond donors (Lipinski definition) is 10. The van der Waals surface area contributed by atoms with Gasteiger partial charge in [0.2, 0.25) is 17.7 Å². The molecule has 12 N–H and O–H groups in total. The summed E-state index contributed by atoms with van der Waals surface area (Å²) in [5.41, 5.74) is 9.67. The molecule has 11 atom stereocenters. The molecule has 2 saturated heterocycles. The predicted molar refractivity (Wildman–Crippen MR) is 169 cm³/mol. The van der Waals surface area contributed by atoms with Gasteiger partial charge in [-0.05, 0) is 0 Å². The summed E-state index contributed by atoms with van der Waals surface area (Å²) in [5.74, 6) is -0.538. The summed E-state index contributed by atoms with van der Waals surface area (Å²) in [6.45, 7) is -2.08. The van der Waals surface area contributed by atoms with Crippen LogP contribution in [0.25, 0.3) is 22.3 Å². The Morgan fingerprint density at radius 3 is 2.09 bits per heavy atom. The van der Waals surface area contributed by atoms with Gasteiger partial charge in [0.25, 0.3) is 17.1 Å². The number of nitrogens with one attached hydrogen (secondary N) is 2. The van der Waals surface area contributed by atoms with Gasteiger partial charge in [-0.3, -0.25) is 37.7 Å². The molecule has 0 bridgehead atoms. The molecule has 0 aromatic carbocycles. The van der Waals surface area contributed by atoms with E-state index in [1.807, 2.05) is 0 Å². The number of fused-ring (bicyclic) bond motifs is 2. The summed E-state index contributed by atoms with van der Waals surface area (Å²) < 4.78 is 75.3. The maximum absolute atomic E-state index is 12.6. The van der Waals surface area contributed by atoms with Gasteiger partial charge in [-0.1, -0.05) is 4.98 Å². The first-order chi connectivity index (χ1) is 24.7. The highest BCUT2D eigenvalue weighted by molar-refractivity contribution is 7.66. The highest BCUT2D eigenvalue weighted by Gasteiger charge is 2.51. The van der Waals surface area contributed by atoms with Crippen LogP contribution in [0.1, 0.15) is 12.5 Å². The van der Waals surface area contributed by atoms with Crippen LogP contribution in [0.5, 0.6) is 0 Å². The third kappa shape index (κ3) is 7.85. The van der Waals surface area contributed by atoms with Crippen molar-refractivity contribution < 1.29 is 80.1 Å². The van der Waals surface area contributed by atoms with Crippen LogP contribution in [0.4, 0.5) is 11.9 Å². The molecule has 2 aliphatic rings. The van der Waals surface area contributed by atoms with Gasteiger partial charge in [0.15, 0.2) is 23.7 Å². The Balaban J connectivity index is 1.06. The summed E-state index contributed by atoms with van der Waals surface area (Å²) >= 11 is 0. The van der Waals surface area contributed by atoms with Crippen LogP contribution < -0.4 is 27.2 Å². The minimum absolute atomic E-state index is 0.0253. The van der Waals surface area contributed by atoms with E-state index in [1.54, 1.807) is 0 Å². The monoisotopic (exact) mass is 817 g/mol. The lowest BCUT2D eigenvalue weighted by atomic mass is 10.1. The van der Waals surface area contributed by atoms with Crippen molar-refractivity contribution in [3.8, 4) is 0 Å². The summed E-state index contributed by atoms with van der Waals surface area (Å²) in [4.78, 5) is 71.0. The average Bonchev–Trinajstić information content (AvgIpc) is 3.77. The number of anilines is 2. The molecule has 6 heterocycles. The third-order valence-corrected chi connectivity index (χ3v) is 12.2. The number of ether oxygens (including phenoxy) is 3. The molecule has 53 heavy (non-hydrogen) atoms. The third-order valence-electron chi connectivity index (χ3n) is 7.93. The van der Waals surface area contributed by atoms with Crippen LogP contribution in [0.2, 0.25) is 0 Å². The highest BCUT2D eigenvalue weighted by Crippen LogP contribution is 2.67. The summed E-state index contributed by atoms with van der Waals surface area (Å²) in [5, 5.41) is 31.8. The number of aromatic amines is 2. The zero-order valence-corrected chi connectivity index (χ0v) is 29.6. The van der Waals surface area contributed by atoms with Gasteiger partial charge in [0.1, 0.15) is 36.6 Å². The van der Waals surface area contributed by atoms with Crippen LogP contribution >= 0.6 is 23.5 Å². The Labute approximate surface area is 293 Å². The lowest BCUT2D eigenvalue weighted by molar-refractivity contribution is -0.746. The Kier molecular flexibility index (Phi) is 10.6. The molecule has 2 aliphatic heterocycles. The number of rotatable bonds is 13. The highest BCUT2D eigenvalue weighted by atomic mass is 31.3. The van der Waals surface area contributed by atoms with Crippen LogP contribution in [-0.4, -0.2) is 121 Å². The number of phosphoric acid groups is 3. The molecule has 6 rings (SSSR count). The van der Waals surface area contributed by atoms with Crippen LogP contribution in [0.15, 0.2) is 22.2 Å². The molecule has 28 nitrogen and oxygen atoms in total. The van der Waals surface area contributed by atoms with Crippen molar-refractivity contribution in [2.75, 3.05) is 31.8 Å². The van der Waals surface area contributed by atoms with Gasteiger partial charge >= 0.3 is 29.1 Å². The van der Waals surface area contributed by atoms with E-state index >= 15 is 0 Å². The van der Waals surface area contributed by atoms with E-state index in [4.69, 9.17) is 30.2 Å². The molecule has 0 radical (unpaired) electrons. The SMILES string of the molecule is CO[C@@H]1[C@H](O)[C@@H](COP(=O)(O)OP(=O)(O)OP(=O)(O)OC[C@H]2O[C@@H](n3cnc4c(=O)[nH]c(N)nc43)[C@H](O)[C@@H]2O)O[C@H]1[n+]1cn(C)c2c(=O)[nH]c(N)nc21. The number of hydrogen-bond acceptors (Lipinski definition) is 20. The normalized spacial score (nSPS) is 29.7. The van der Waals surface area contributed by atoms with E-state index in [1.165, 1.54) is 29.6 Å². The Bertz CT molecular complexity index is 2300. The van der Waals surface area contributed by atoms with Crippen molar-refractivity contribution in [2.45, 2.75) is 49.1 Å². The molecular weight excluding hydrogens is 785 g/mol. The van der Waals surface area contributed by atoms with Gasteiger partial charge in [-0.25, -0.2) is 23.2 Å². The molecule has 292 valence electrons. The number of aryl methyl sites for hydroxylation is 1. The smallest absolute Gasteiger partial charge is 0.387 e. The number of aromatic nitrogens is 8. The topological polar surface area (TPSA) is 407 Å². The number of nitrogen functional groups attached to an aromatic ring is 2. The Hall–Kier alpha value is -3.53. The lowest BCUT2D eigenvalue weighted by Crippen LogP contribution is -2.47. The fourth-order valence-electron chi connectivity index (χ4n) is 5.67. The van der Waals surface area contributed by atoms with Gasteiger partial charge in [0, 0.05) is 7.11 Å². The number of nitrogens with zero attached hydrogens (tertiary/aromatic N) is 6.